The lowest BCUT2D eigenvalue weighted by Gasteiger charge is -2.16. The second-order valence-corrected chi connectivity index (χ2v) is 20.3. The molecule has 0 aliphatic rings. The predicted octanol–water partition coefficient (Wildman–Crippen LogP) is 17.3. The molecule has 9 heteroatoms. The molecule has 0 aliphatic heterocycles. The van der Waals surface area contributed by atoms with Crippen LogP contribution in [0, 0.1) is 0 Å². The van der Waals surface area contributed by atoms with E-state index in [0.717, 1.165) is 94.3 Å². The quantitative estimate of drug-likeness (QED) is 0.143. The van der Waals surface area contributed by atoms with Crippen molar-refractivity contribution in [2.75, 3.05) is 0 Å². The first-order valence-electron chi connectivity index (χ1n) is 27.1. The third-order valence-corrected chi connectivity index (χ3v) is 15.5. The SMILES string of the molecule is c1ccc(-c2nc(-c3ccccc3)nc(-c3ccc(-n4c5ccccc5c5cc(-c6nc(-c7ccccc7)nc(-c7cc(-n8c9ccccc9c9ccccc98)cc(-n8c9ccccc9c9ccccc98)c7)n6)ccc54)cc3)n2)cc1. The number of hydrogen-bond acceptors (Lipinski definition) is 6. The number of rotatable bonds is 9. The molecule has 16 aromatic rings. The molecule has 0 unspecified atom stereocenters. The fourth-order valence-corrected chi connectivity index (χ4v) is 11.8. The highest BCUT2D eigenvalue weighted by molar-refractivity contribution is 6.12. The molecule has 81 heavy (non-hydrogen) atoms. The number of benzene rings is 11. The van der Waals surface area contributed by atoms with Crippen LogP contribution in [-0.2, 0) is 0 Å². The van der Waals surface area contributed by atoms with Crippen molar-refractivity contribution in [3.05, 3.63) is 273 Å². The molecule has 0 bridgehead atoms. The van der Waals surface area contributed by atoms with Gasteiger partial charge in [-0.3, -0.25) is 0 Å². The van der Waals surface area contributed by atoms with E-state index in [1.165, 1.54) is 21.5 Å². The van der Waals surface area contributed by atoms with Crippen molar-refractivity contribution >= 4 is 65.4 Å². The van der Waals surface area contributed by atoms with Gasteiger partial charge in [0.05, 0.1) is 33.1 Å². The molecule has 0 fully saturated rings. The van der Waals surface area contributed by atoms with Gasteiger partial charge in [0.25, 0.3) is 0 Å². The highest BCUT2D eigenvalue weighted by Crippen LogP contribution is 2.40. The molecule has 0 N–H and O–H groups in total. The van der Waals surface area contributed by atoms with Crippen LogP contribution in [0.2, 0.25) is 0 Å². The zero-order chi connectivity index (χ0) is 53.4. The van der Waals surface area contributed by atoms with Gasteiger partial charge in [-0.2, -0.15) is 0 Å². The summed E-state index contributed by atoms with van der Waals surface area (Å²) >= 11 is 0. The maximum atomic E-state index is 5.47. The average Bonchev–Trinajstić information content (AvgIpc) is 4.37. The minimum absolute atomic E-state index is 0.566. The zero-order valence-corrected chi connectivity index (χ0v) is 43.5. The number of nitrogens with zero attached hydrogens (tertiary/aromatic N) is 9. The fourth-order valence-electron chi connectivity index (χ4n) is 11.8. The van der Waals surface area contributed by atoms with Gasteiger partial charge in [0, 0.05) is 82.8 Å². The van der Waals surface area contributed by atoms with Crippen LogP contribution in [0.15, 0.2) is 273 Å². The van der Waals surface area contributed by atoms with Gasteiger partial charge < -0.3 is 13.7 Å². The van der Waals surface area contributed by atoms with Crippen molar-refractivity contribution in [2.45, 2.75) is 0 Å². The molecule has 0 amide bonds. The van der Waals surface area contributed by atoms with Crippen LogP contribution in [0.25, 0.3) is 151 Å². The summed E-state index contributed by atoms with van der Waals surface area (Å²) in [7, 11) is 0. The first kappa shape index (κ1) is 46.0. The summed E-state index contributed by atoms with van der Waals surface area (Å²) in [5.74, 6) is 3.58. The second-order valence-electron chi connectivity index (χ2n) is 20.3. The molecule has 0 saturated carbocycles. The Balaban J connectivity index is 0.861. The van der Waals surface area contributed by atoms with Crippen molar-refractivity contribution in [1.29, 1.82) is 0 Å². The summed E-state index contributed by atoms with van der Waals surface area (Å²) in [4.78, 5) is 31.1. The maximum Gasteiger partial charge on any atom is 0.164 e. The van der Waals surface area contributed by atoms with E-state index in [1.807, 2.05) is 78.9 Å². The van der Waals surface area contributed by atoms with Crippen molar-refractivity contribution < 1.29 is 0 Å². The molecule has 0 saturated heterocycles. The maximum absolute atomic E-state index is 5.47. The molecule has 16 rings (SSSR count). The molecule has 0 spiro atoms. The molecule has 11 aromatic carbocycles. The second kappa shape index (κ2) is 18.8. The third kappa shape index (κ3) is 7.78. The zero-order valence-electron chi connectivity index (χ0n) is 43.5. The molecular formula is C72H45N9. The number of hydrogen-bond donors (Lipinski definition) is 0. The van der Waals surface area contributed by atoms with Crippen LogP contribution in [-0.4, -0.2) is 43.6 Å². The Morgan fingerprint density at radius 2 is 0.444 bits per heavy atom. The molecule has 0 atom stereocenters. The Labute approximate surface area is 465 Å². The van der Waals surface area contributed by atoms with E-state index >= 15 is 0 Å². The smallest absolute Gasteiger partial charge is 0.164 e. The summed E-state index contributed by atoms with van der Waals surface area (Å²) in [5, 5.41) is 6.95. The van der Waals surface area contributed by atoms with Crippen LogP contribution >= 0.6 is 0 Å². The van der Waals surface area contributed by atoms with Crippen molar-refractivity contribution in [3.63, 3.8) is 0 Å². The van der Waals surface area contributed by atoms with Crippen LogP contribution in [0.3, 0.4) is 0 Å². The third-order valence-electron chi connectivity index (χ3n) is 15.5. The van der Waals surface area contributed by atoms with Crippen LogP contribution in [0.1, 0.15) is 0 Å². The van der Waals surface area contributed by atoms with E-state index in [2.05, 4.69) is 208 Å². The molecule has 5 aromatic heterocycles. The van der Waals surface area contributed by atoms with Crippen molar-refractivity contribution in [1.82, 2.24) is 43.6 Å². The average molecular weight is 1040 g/mol. The van der Waals surface area contributed by atoms with Crippen LogP contribution in [0.5, 0.6) is 0 Å². The van der Waals surface area contributed by atoms with E-state index in [0.29, 0.717) is 34.9 Å². The van der Waals surface area contributed by atoms with Crippen LogP contribution < -0.4 is 0 Å². The molecule has 9 nitrogen and oxygen atoms in total. The van der Waals surface area contributed by atoms with Gasteiger partial charge in [-0.15, -0.1) is 0 Å². The van der Waals surface area contributed by atoms with E-state index in [1.54, 1.807) is 0 Å². The lowest BCUT2D eigenvalue weighted by Crippen LogP contribution is -2.03. The highest BCUT2D eigenvalue weighted by Gasteiger charge is 2.22. The summed E-state index contributed by atoms with van der Waals surface area (Å²) in [5.41, 5.74) is 15.0. The summed E-state index contributed by atoms with van der Waals surface area (Å²) < 4.78 is 7.07. The first-order valence-corrected chi connectivity index (χ1v) is 27.1. The number of para-hydroxylation sites is 5. The Morgan fingerprint density at radius 1 is 0.173 bits per heavy atom. The largest absolute Gasteiger partial charge is 0.309 e. The molecule has 378 valence electrons. The first-order chi connectivity index (χ1) is 40.1. The monoisotopic (exact) mass is 1040 g/mol. The van der Waals surface area contributed by atoms with Crippen molar-refractivity contribution in [3.8, 4) is 85.4 Å². The molecule has 5 heterocycles. The minimum Gasteiger partial charge on any atom is -0.309 e. The van der Waals surface area contributed by atoms with Gasteiger partial charge in [-0.05, 0) is 91.0 Å². The van der Waals surface area contributed by atoms with Gasteiger partial charge in [0.2, 0.25) is 0 Å². The lowest BCUT2D eigenvalue weighted by molar-refractivity contribution is 1.07. The molecule has 0 aliphatic carbocycles. The highest BCUT2D eigenvalue weighted by atomic mass is 15.1. The van der Waals surface area contributed by atoms with E-state index in [-0.39, 0.29) is 0 Å². The normalized spacial score (nSPS) is 11.7. The Morgan fingerprint density at radius 3 is 0.827 bits per heavy atom. The van der Waals surface area contributed by atoms with Gasteiger partial charge >= 0.3 is 0 Å². The van der Waals surface area contributed by atoms with Crippen LogP contribution in [0.4, 0.5) is 0 Å². The molecule has 0 radical (unpaired) electrons. The van der Waals surface area contributed by atoms with Crippen molar-refractivity contribution in [2.24, 2.45) is 0 Å². The summed E-state index contributed by atoms with van der Waals surface area (Å²) in [6, 6.07) is 95.4. The number of aromatic nitrogens is 9. The van der Waals surface area contributed by atoms with E-state index in [4.69, 9.17) is 29.9 Å². The van der Waals surface area contributed by atoms with E-state index < -0.39 is 0 Å². The van der Waals surface area contributed by atoms with Gasteiger partial charge in [0.15, 0.2) is 34.9 Å². The summed E-state index contributed by atoms with van der Waals surface area (Å²) in [6.45, 7) is 0. The Kier molecular flexibility index (Phi) is 10.7. The molecular weight excluding hydrogens is 991 g/mol. The minimum atomic E-state index is 0.566. The Bertz CT molecular complexity index is 4800. The van der Waals surface area contributed by atoms with Gasteiger partial charge in [-0.1, -0.05) is 182 Å². The summed E-state index contributed by atoms with van der Waals surface area (Å²) in [6.07, 6.45) is 0. The van der Waals surface area contributed by atoms with Gasteiger partial charge in [0.1, 0.15) is 0 Å². The van der Waals surface area contributed by atoms with Gasteiger partial charge in [-0.25, -0.2) is 29.9 Å². The number of fused-ring (bicyclic) bond motifs is 9. The lowest BCUT2D eigenvalue weighted by atomic mass is 10.1. The topological polar surface area (TPSA) is 92.1 Å². The van der Waals surface area contributed by atoms with E-state index in [9.17, 15) is 0 Å². The predicted molar refractivity (Wildman–Crippen MR) is 329 cm³/mol. The Hall–Kier alpha value is -11.2. The fraction of sp³-hybridized carbons (Fsp3) is 0. The standard InChI is InChI=1S/C72H45N9/c1-4-20-46(21-5-1)67-73-68(47-22-6-2-7-23-47)75-70(74-67)49-36-39-52(40-37-49)79-65-35-19-14-30-59(65)60-44-50(38-41-66(60)79)71-76-69(48-24-8-3-9-25-48)77-72(78-71)51-42-53(80-61-31-15-10-26-55(61)56-27-11-16-32-62(56)80)45-54(43-51)81-63-33-17-12-28-57(63)58-29-13-18-34-64(58)81/h1-45H.